The number of carboxylic acids is 1. The average molecular weight is 467 g/mol. The number of hydrogen-bond donors (Lipinski definition) is 1. The van der Waals surface area contributed by atoms with E-state index in [1.54, 1.807) is 24.0 Å². The molecule has 1 N–H and O–H groups in total. The number of halogens is 2. The molecule has 2 aromatic heterocycles. The molecule has 3 heterocycles. The summed E-state index contributed by atoms with van der Waals surface area (Å²) in [5.74, 6) is -4.04. The van der Waals surface area contributed by atoms with Crippen LogP contribution in [0.5, 0.6) is 5.88 Å². The number of fused-ring (bicyclic) bond motifs is 1. The Kier molecular flexibility index (Phi) is 6.03. The fourth-order valence-corrected chi connectivity index (χ4v) is 3.86. The van der Waals surface area contributed by atoms with Gasteiger partial charge in [0.05, 0.1) is 17.3 Å². The Hall–Kier alpha value is -3.88. The number of benzene rings is 1. The number of carbonyl (C=O) groups is 2. The number of amides is 1. The number of nitrogens with zero attached hydrogens (tertiary/aromatic N) is 3. The molecule has 0 spiro atoms. The number of carbonyl (C=O) groups excluding carboxylic acids is 1. The molecule has 3 aromatic rings. The van der Waals surface area contributed by atoms with Gasteiger partial charge in [0.2, 0.25) is 5.88 Å². The van der Waals surface area contributed by atoms with Crippen LogP contribution in [-0.2, 0) is 6.54 Å². The van der Waals surface area contributed by atoms with Crippen molar-refractivity contribution in [2.45, 2.75) is 39.3 Å². The quantitative estimate of drug-likeness (QED) is 0.531. The molecule has 0 saturated carbocycles. The second-order valence-electron chi connectivity index (χ2n) is 8.47. The molecule has 0 aliphatic carbocycles. The Balaban J connectivity index is 1.55. The molecule has 0 saturated heterocycles. The highest BCUT2D eigenvalue weighted by Gasteiger charge is 2.32. The van der Waals surface area contributed by atoms with Gasteiger partial charge in [-0.3, -0.25) is 9.78 Å². The number of aromatic carboxylic acids is 1. The summed E-state index contributed by atoms with van der Waals surface area (Å²) in [7, 11) is 0. The number of alkyl halides is 2. The predicted molar refractivity (Wildman–Crippen MR) is 120 cm³/mol. The van der Waals surface area contributed by atoms with Crippen molar-refractivity contribution in [2.24, 2.45) is 0 Å². The van der Waals surface area contributed by atoms with Crippen molar-refractivity contribution in [3.05, 3.63) is 76.6 Å². The summed E-state index contributed by atoms with van der Waals surface area (Å²) in [5, 5.41) is 9.22. The Labute approximate surface area is 195 Å². The Morgan fingerprint density at radius 3 is 2.68 bits per heavy atom. The topological polar surface area (TPSA) is 92.6 Å². The maximum atomic E-state index is 13.2. The molecule has 1 aliphatic heterocycles. The van der Waals surface area contributed by atoms with Gasteiger partial charge in [0.1, 0.15) is 0 Å². The maximum Gasteiger partial charge on any atom is 0.335 e. The van der Waals surface area contributed by atoms with Gasteiger partial charge < -0.3 is 14.7 Å². The second-order valence-corrected chi connectivity index (χ2v) is 8.47. The van der Waals surface area contributed by atoms with E-state index in [1.165, 1.54) is 24.5 Å². The summed E-state index contributed by atoms with van der Waals surface area (Å²) < 4.78 is 31.3. The first-order valence-electron chi connectivity index (χ1n) is 10.6. The number of pyridine rings is 2. The normalized spacial score (nSPS) is 14.1. The van der Waals surface area contributed by atoms with E-state index in [0.29, 0.717) is 28.9 Å². The number of aromatic nitrogens is 2. The molecule has 176 valence electrons. The van der Waals surface area contributed by atoms with E-state index >= 15 is 0 Å². The SMILES string of the molecule is Cc1cc(C(C)N2Cc3ccc(-c4cc(C(=O)O)ccn4)cc3C2=O)cnc1OCC(C)(F)F. The van der Waals surface area contributed by atoms with Crippen LogP contribution in [0.4, 0.5) is 8.78 Å². The minimum absolute atomic E-state index is 0.116. The van der Waals surface area contributed by atoms with Crippen LogP contribution in [0.3, 0.4) is 0 Å². The number of carboxylic acid groups (broad SMARTS) is 1. The van der Waals surface area contributed by atoms with E-state index in [-0.39, 0.29) is 23.4 Å². The summed E-state index contributed by atoms with van der Waals surface area (Å²) in [6, 6.07) is 9.73. The lowest BCUT2D eigenvalue weighted by Crippen LogP contribution is -2.27. The zero-order valence-electron chi connectivity index (χ0n) is 18.9. The predicted octanol–water partition coefficient (Wildman–Crippen LogP) is 4.90. The van der Waals surface area contributed by atoms with E-state index in [0.717, 1.165) is 18.1 Å². The first kappa shape index (κ1) is 23.3. The third-order valence-electron chi connectivity index (χ3n) is 5.71. The number of rotatable bonds is 7. The molecule has 4 rings (SSSR count). The molecular formula is C25H23F2N3O4. The number of hydrogen-bond acceptors (Lipinski definition) is 5. The summed E-state index contributed by atoms with van der Waals surface area (Å²) >= 11 is 0. The van der Waals surface area contributed by atoms with E-state index < -0.39 is 18.5 Å². The smallest absolute Gasteiger partial charge is 0.335 e. The lowest BCUT2D eigenvalue weighted by Gasteiger charge is -2.25. The van der Waals surface area contributed by atoms with E-state index in [9.17, 15) is 23.5 Å². The van der Waals surface area contributed by atoms with Gasteiger partial charge in [-0.1, -0.05) is 12.1 Å². The van der Waals surface area contributed by atoms with Crippen LogP contribution in [0, 0.1) is 6.92 Å². The first-order valence-corrected chi connectivity index (χ1v) is 10.6. The fourth-order valence-electron chi connectivity index (χ4n) is 3.86. The van der Waals surface area contributed by atoms with E-state index in [1.807, 2.05) is 19.1 Å². The molecule has 0 bridgehead atoms. The van der Waals surface area contributed by atoms with Crippen molar-refractivity contribution in [1.82, 2.24) is 14.9 Å². The maximum absolute atomic E-state index is 13.2. The number of aryl methyl sites for hydroxylation is 1. The van der Waals surface area contributed by atoms with Crippen molar-refractivity contribution in [2.75, 3.05) is 6.61 Å². The fraction of sp³-hybridized carbons (Fsp3) is 0.280. The lowest BCUT2D eigenvalue weighted by molar-refractivity contribution is -0.0244. The molecule has 9 heteroatoms. The number of ether oxygens (including phenoxy) is 1. The molecule has 1 unspecified atom stereocenters. The lowest BCUT2D eigenvalue weighted by atomic mass is 10.0. The molecular weight excluding hydrogens is 444 g/mol. The van der Waals surface area contributed by atoms with Crippen LogP contribution >= 0.6 is 0 Å². The van der Waals surface area contributed by atoms with Gasteiger partial charge >= 0.3 is 5.97 Å². The van der Waals surface area contributed by atoms with Crippen LogP contribution in [0.1, 0.15) is 57.3 Å². The van der Waals surface area contributed by atoms with Gasteiger partial charge in [-0.25, -0.2) is 18.6 Å². The van der Waals surface area contributed by atoms with Crippen molar-refractivity contribution in [3.8, 4) is 17.1 Å². The van der Waals surface area contributed by atoms with Crippen LogP contribution in [0.25, 0.3) is 11.3 Å². The zero-order chi connectivity index (χ0) is 24.6. The largest absolute Gasteiger partial charge is 0.478 e. The van der Waals surface area contributed by atoms with Crippen molar-refractivity contribution < 1.29 is 28.2 Å². The van der Waals surface area contributed by atoms with Gasteiger partial charge in [-0.2, -0.15) is 0 Å². The highest BCUT2D eigenvalue weighted by molar-refractivity contribution is 6.00. The Bertz CT molecular complexity index is 1270. The molecule has 1 aromatic carbocycles. The van der Waals surface area contributed by atoms with E-state index in [4.69, 9.17) is 4.74 Å². The molecule has 7 nitrogen and oxygen atoms in total. The van der Waals surface area contributed by atoms with Crippen molar-refractivity contribution >= 4 is 11.9 Å². The van der Waals surface area contributed by atoms with Gasteiger partial charge in [0, 0.05) is 42.6 Å². The van der Waals surface area contributed by atoms with Crippen LogP contribution < -0.4 is 4.74 Å². The molecule has 1 atom stereocenters. The molecule has 1 aliphatic rings. The summed E-state index contributed by atoms with van der Waals surface area (Å²) in [6.07, 6.45) is 2.95. The Morgan fingerprint density at radius 1 is 1.24 bits per heavy atom. The third kappa shape index (κ3) is 4.73. The average Bonchev–Trinajstić information content (AvgIpc) is 3.13. The van der Waals surface area contributed by atoms with Crippen LogP contribution in [0.2, 0.25) is 0 Å². The van der Waals surface area contributed by atoms with Gasteiger partial charge in [0.25, 0.3) is 11.8 Å². The monoisotopic (exact) mass is 467 g/mol. The standard InChI is InChI=1S/C25H23F2N3O4/c1-14-8-19(11-29-22(14)34-13-25(3,26)27)15(2)30-12-18-5-4-16(9-20(18)23(30)31)21-10-17(24(32)33)6-7-28-21/h4-11,15H,12-13H2,1-3H3,(H,32,33). The molecule has 1 amide bonds. The molecule has 0 radical (unpaired) electrons. The van der Waals surface area contributed by atoms with Crippen LogP contribution in [0.15, 0.2) is 48.8 Å². The van der Waals surface area contributed by atoms with E-state index in [2.05, 4.69) is 9.97 Å². The zero-order valence-corrected chi connectivity index (χ0v) is 18.9. The third-order valence-corrected chi connectivity index (χ3v) is 5.71. The highest BCUT2D eigenvalue weighted by atomic mass is 19.3. The summed E-state index contributed by atoms with van der Waals surface area (Å²) in [6.45, 7) is 4.01. The van der Waals surface area contributed by atoms with Crippen molar-refractivity contribution in [1.29, 1.82) is 0 Å². The van der Waals surface area contributed by atoms with Gasteiger partial charge in [0.15, 0.2) is 6.61 Å². The van der Waals surface area contributed by atoms with Crippen LogP contribution in [-0.4, -0.2) is 44.4 Å². The van der Waals surface area contributed by atoms with Gasteiger partial charge in [-0.05, 0) is 49.2 Å². The minimum Gasteiger partial charge on any atom is -0.478 e. The first-order chi connectivity index (χ1) is 16.0. The van der Waals surface area contributed by atoms with Crippen molar-refractivity contribution in [3.63, 3.8) is 0 Å². The Morgan fingerprint density at radius 2 is 2.00 bits per heavy atom. The second kappa shape index (κ2) is 8.81. The summed E-state index contributed by atoms with van der Waals surface area (Å²) in [4.78, 5) is 34.6. The minimum atomic E-state index is -2.96. The molecule has 0 fully saturated rings. The highest BCUT2D eigenvalue weighted by Crippen LogP contribution is 2.34. The van der Waals surface area contributed by atoms with Gasteiger partial charge in [-0.15, -0.1) is 0 Å². The molecule has 34 heavy (non-hydrogen) atoms. The summed E-state index contributed by atoms with van der Waals surface area (Å²) in [5.41, 5.74) is 3.97.